The number of nitrogens with one attached hydrogen (secondary N) is 1. The maximum Gasteiger partial charge on any atom is 0.253 e. The Morgan fingerprint density at radius 2 is 1.72 bits per heavy atom. The Morgan fingerprint density at radius 1 is 1.08 bits per heavy atom. The van der Waals surface area contributed by atoms with Gasteiger partial charge in [0.15, 0.2) is 0 Å². The molecule has 2 aromatic rings. The van der Waals surface area contributed by atoms with E-state index in [-0.39, 0.29) is 18.4 Å². The van der Waals surface area contributed by atoms with E-state index in [9.17, 15) is 14.7 Å². The van der Waals surface area contributed by atoms with E-state index in [1.165, 1.54) is 4.90 Å². The van der Waals surface area contributed by atoms with Crippen molar-refractivity contribution in [2.24, 2.45) is 0 Å². The van der Waals surface area contributed by atoms with Crippen LogP contribution in [0.2, 0.25) is 0 Å². The average molecular weight is 342 g/mol. The second-order valence-electron chi connectivity index (χ2n) is 5.87. The van der Waals surface area contributed by atoms with Gasteiger partial charge in [0.25, 0.3) is 11.8 Å². The fraction of sp³-hybridized carbons (Fsp3) is 0.263. The summed E-state index contributed by atoms with van der Waals surface area (Å²) in [6, 6.07) is 14.2. The molecule has 132 valence electrons. The highest BCUT2D eigenvalue weighted by molar-refractivity contribution is 6.01. The minimum absolute atomic E-state index is 0.0166. The van der Waals surface area contributed by atoms with Gasteiger partial charge in [-0.1, -0.05) is 30.3 Å². The number of carbonyl (C=O) groups excluding carboxylic acids is 2. The van der Waals surface area contributed by atoms with Crippen molar-refractivity contribution in [3.63, 3.8) is 0 Å². The molecule has 1 atom stereocenters. The number of hydrogen-bond donors (Lipinski definition) is 3. The minimum Gasteiger partial charge on any atom is -0.394 e. The SMILES string of the molecule is CN(C)C(=O)c1ccccc1-c1ccc(C(=O)NC[C@@H](O)CO)cc1. The van der Waals surface area contributed by atoms with E-state index in [2.05, 4.69) is 5.32 Å². The van der Waals surface area contributed by atoms with Crippen LogP contribution in [0.25, 0.3) is 11.1 Å². The molecular formula is C19H22N2O4. The summed E-state index contributed by atoms with van der Waals surface area (Å²) >= 11 is 0. The second kappa shape index (κ2) is 8.41. The smallest absolute Gasteiger partial charge is 0.253 e. The first-order valence-corrected chi connectivity index (χ1v) is 7.92. The predicted octanol–water partition coefficient (Wildman–Crippen LogP) is 1.14. The zero-order valence-corrected chi connectivity index (χ0v) is 14.3. The number of hydrogen-bond acceptors (Lipinski definition) is 4. The van der Waals surface area contributed by atoms with Crippen molar-refractivity contribution in [2.75, 3.05) is 27.2 Å². The van der Waals surface area contributed by atoms with Crippen molar-refractivity contribution < 1.29 is 19.8 Å². The molecule has 3 N–H and O–H groups in total. The van der Waals surface area contributed by atoms with Gasteiger partial charge in [0, 0.05) is 31.8 Å². The number of amides is 2. The van der Waals surface area contributed by atoms with Crippen LogP contribution < -0.4 is 5.32 Å². The van der Waals surface area contributed by atoms with Crippen LogP contribution >= 0.6 is 0 Å². The number of carbonyl (C=O) groups is 2. The van der Waals surface area contributed by atoms with E-state index in [0.29, 0.717) is 11.1 Å². The summed E-state index contributed by atoms with van der Waals surface area (Å²) in [6.07, 6.45) is -0.979. The monoisotopic (exact) mass is 342 g/mol. The highest BCUT2D eigenvalue weighted by Crippen LogP contribution is 2.25. The molecule has 0 unspecified atom stereocenters. The molecule has 2 amide bonds. The van der Waals surface area contributed by atoms with E-state index >= 15 is 0 Å². The molecule has 0 fully saturated rings. The first kappa shape index (κ1) is 18.6. The van der Waals surface area contributed by atoms with Gasteiger partial charge in [-0.15, -0.1) is 0 Å². The van der Waals surface area contributed by atoms with E-state index in [4.69, 9.17) is 5.11 Å². The standard InChI is InChI=1S/C19H22N2O4/c1-21(2)19(25)17-6-4-3-5-16(17)13-7-9-14(10-8-13)18(24)20-11-15(23)12-22/h3-10,15,22-23H,11-12H2,1-2H3,(H,20,24)/t15-/m1/s1. The number of aliphatic hydroxyl groups excluding tert-OH is 2. The second-order valence-corrected chi connectivity index (χ2v) is 5.87. The first-order chi connectivity index (χ1) is 11.9. The summed E-state index contributed by atoms with van der Waals surface area (Å²) in [6.45, 7) is -0.423. The van der Waals surface area contributed by atoms with Gasteiger partial charge in [-0.05, 0) is 29.3 Å². The Morgan fingerprint density at radius 3 is 2.32 bits per heavy atom. The molecule has 0 saturated heterocycles. The van der Waals surface area contributed by atoms with E-state index in [1.54, 1.807) is 44.4 Å². The number of rotatable bonds is 6. The first-order valence-electron chi connectivity index (χ1n) is 7.92. The Balaban J connectivity index is 2.21. The van der Waals surface area contributed by atoms with Crippen LogP contribution in [-0.4, -0.2) is 60.3 Å². The van der Waals surface area contributed by atoms with Gasteiger partial charge in [-0.25, -0.2) is 0 Å². The molecule has 0 spiro atoms. The van der Waals surface area contributed by atoms with Crippen LogP contribution in [-0.2, 0) is 0 Å². The number of aliphatic hydroxyl groups is 2. The Kier molecular flexibility index (Phi) is 6.27. The minimum atomic E-state index is -0.979. The summed E-state index contributed by atoms with van der Waals surface area (Å²) < 4.78 is 0. The molecule has 0 aliphatic heterocycles. The Labute approximate surface area is 146 Å². The Bertz CT molecular complexity index is 741. The zero-order chi connectivity index (χ0) is 18.4. The van der Waals surface area contributed by atoms with Crippen LogP contribution in [0.5, 0.6) is 0 Å². The highest BCUT2D eigenvalue weighted by atomic mass is 16.3. The van der Waals surface area contributed by atoms with Gasteiger partial charge >= 0.3 is 0 Å². The van der Waals surface area contributed by atoms with Crippen molar-refractivity contribution in [1.82, 2.24) is 10.2 Å². The van der Waals surface area contributed by atoms with Crippen molar-refractivity contribution in [1.29, 1.82) is 0 Å². The number of nitrogens with zero attached hydrogens (tertiary/aromatic N) is 1. The van der Waals surface area contributed by atoms with Gasteiger partial charge in [0.1, 0.15) is 0 Å². The summed E-state index contributed by atoms with van der Waals surface area (Å²) in [5.41, 5.74) is 2.66. The van der Waals surface area contributed by atoms with Gasteiger partial charge in [-0.2, -0.15) is 0 Å². The molecule has 0 aliphatic rings. The quantitative estimate of drug-likeness (QED) is 0.734. The predicted molar refractivity (Wildman–Crippen MR) is 95.3 cm³/mol. The molecule has 6 nitrogen and oxygen atoms in total. The third kappa shape index (κ3) is 4.65. The fourth-order valence-electron chi connectivity index (χ4n) is 2.34. The number of benzene rings is 2. The fourth-order valence-corrected chi connectivity index (χ4v) is 2.34. The lowest BCUT2D eigenvalue weighted by Gasteiger charge is -2.14. The third-order valence-electron chi connectivity index (χ3n) is 3.73. The van der Waals surface area contributed by atoms with Gasteiger partial charge < -0.3 is 20.4 Å². The van der Waals surface area contributed by atoms with Gasteiger partial charge in [0.05, 0.1) is 12.7 Å². The summed E-state index contributed by atoms with van der Waals surface area (Å²) in [5, 5.41) is 20.6. The lowest BCUT2D eigenvalue weighted by molar-refractivity contribution is 0.0801. The van der Waals surface area contributed by atoms with Crippen LogP contribution in [0.3, 0.4) is 0 Å². The van der Waals surface area contributed by atoms with Crippen molar-refractivity contribution >= 4 is 11.8 Å². The van der Waals surface area contributed by atoms with Gasteiger partial charge in [0.2, 0.25) is 0 Å². The van der Waals surface area contributed by atoms with E-state index < -0.39 is 12.7 Å². The zero-order valence-electron chi connectivity index (χ0n) is 14.3. The summed E-state index contributed by atoms with van der Waals surface area (Å²) in [5.74, 6) is -0.424. The summed E-state index contributed by atoms with van der Waals surface area (Å²) in [7, 11) is 3.40. The third-order valence-corrected chi connectivity index (χ3v) is 3.73. The lowest BCUT2D eigenvalue weighted by atomic mass is 9.98. The molecule has 0 heterocycles. The molecule has 2 rings (SSSR count). The highest BCUT2D eigenvalue weighted by Gasteiger charge is 2.14. The molecule has 6 heteroatoms. The topological polar surface area (TPSA) is 89.9 Å². The normalized spacial score (nSPS) is 11.7. The van der Waals surface area contributed by atoms with Crippen molar-refractivity contribution in [3.05, 3.63) is 59.7 Å². The molecule has 0 radical (unpaired) electrons. The Hall–Kier alpha value is -2.70. The maximum atomic E-state index is 12.3. The molecule has 0 saturated carbocycles. The largest absolute Gasteiger partial charge is 0.394 e. The molecule has 25 heavy (non-hydrogen) atoms. The molecule has 2 aromatic carbocycles. The van der Waals surface area contributed by atoms with Crippen molar-refractivity contribution in [2.45, 2.75) is 6.10 Å². The maximum absolute atomic E-state index is 12.3. The van der Waals surface area contributed by atoms with E-state index in [1.807, 2.05) is 18.2 Å². The van der Waals surface area contributed by atoms with Crippen LogP contribution in [0.1, 0.15) is 20.7 Å². The average Bonchev–Trinajstić information content (AvgIpc) is 2.65. The lowest BCUT2D eigenvalue weighted by Crippen LogP contribution is -2.33. The van der Waals surface area contributed by atoms with Crippen LogP contribution in [0.4, 0.5) is 0 Å². The van der Waals surface area contributed by atoms with Crippen LogP contribution in [0, 0.1) is 0 Å². The van der Waals surface area contributed by atoms with E-state index in [0.717, 1.165) is 11.1 Å². The molecular weight excluding hydrogens is 320 g/mol. The van der Waals surface area contributed by atoms with Crippen LogP contribution in [0.15, 0.2) is 48.5 Å². The molecule has 0 bridgehead atoms. The molecule has 0 aromatic heterocycles. The molecule has 0 aliphatic carbocycles. The van der Waals surface area contributed by atoms with Crippen molar-refractivity contribution in [3.8, 4) is 11.1 Å². The summed E-state index contributed by atoms with van der Waals surface area (Å²) in [4.78, 5) is 25.8. The van der Waals surface area contributed by atoms with Gasteiger partial charge in [-0.3, -0.25) is 9.59 Å².